The predicted molar refractivity (Wildman–Crippen MR) is 288 cm³/mol. The SMILES string of the molecule is Cc1ncsc1-c1ccc([C@H](CC(=O)NCCCCCCN(C)CC[C@H](CSc2ccccc2)Nc2ccc(S(N)(=O)=O)cc2S(=O)(=O)C(F)(F)F)NC(=O)[C@@H]2C[C@@H](O)CN2C(=O)[C@@H](NC(=O)C2(F)CC2)C(C)(C)C)cc1. The molecule has 3 aromatic carbocycles. The second kappa shape index (κ2) is 25.7. The first-order chi connectivity index (χ1) is 36.1. The summed E-state index contributed by atoms with van der Waals surface area (Å²) in [7, 11) is -8.64. The van der Waals surface area contributed by atoms with E-state index in [9.17, 15) is 58.7 Å². The molecule has 0 unspecified atom stereocenters. The van der Waals surface area contributed by atoms with Gasteiger partial charge < -0.3 is 36.2 Å². The van der Waals surface area contributed by atoms with Crippen LogP contribution in [-0.2, 0) is 39.0 Å². The fraction of sp³-hybridized carbons (Fsp3) is 0.519. The molecule has 6 rings (SSSR count). The van der Waals surface area contributed by atoms with E-state index in [-0.39, 0.29) is 38.1 Å². The number of nitrogens with two attached hydrogens (primary N) is 1. The van der Waals surface area contributed by atoms with Crippen LogP contribution in [0.15, 0.2) is 93.0 Å². The molecule has 1 aliphatic heterocycles. The zero-order valence-electron chi connectivity index (χ0n) is 43.6. The van der Waals surface area contributed by atoms with Crippen molar-refractivity contribution in [2.75, 3.05) is 44.3 Å². The van der Waals surface area contributed by atoms with Crippen LogP contribution < -0.4 is 26.4 Å². The molecule has 2 aliphatic rings. The number of unbranched alkanes of at least 4 members (excludes halogenated alkanes) is 3. The topological polar surface area (TPSA) is 250 Å². The number of sulfonamides is 1. The van der Waals surface area contributed by atoms with Crippen molar-refractivity contribution in [1.29, 1.82) is 0 Å². The number of aliphatic hydroxyl groups excluding tert-OH is 1. The van der Waals surface area contributed by atoms with Gasteiger partial charge in [0.2, 0.25) is 27.7 Å². The number of aliphatic hydroxyl groups is 1. The van der Waals surface area contributed by atoms with Crippen molar-refractivity contribution in [3.05, 3.63) is 89.6 Å². The molecule has 4 aromatic rings. The third-order valence-electron chi connectivity index (χ3n) is 13.5. The van der Waals surface area contributed by atoms with Crippen molar-refractivity contribution in [2.24, 2.45) is 10.6 Å². The van der Waals surface area contributed by atoms with Crippen molar-refractivity contribution in [3.8, 4) is 10.4 Å². The minimum Gasteiger partial charge on any atom is -0.391 e. The average molecular weight is 1150 g/mol. The maximum Gasteiger partial charge on any atom is 0.501 e. The summed E-state index contributed by atoms with van der Waals surface area (Å²) in [5.41, 5.74) is -4.93. The number of aromatic nitrogens is 1. The second-order valence-electron chi connectivity index (χ2n) is 20.8. The molecule has 1 saturated carbocycles. The number of rotatable bonds is 26. The lowest BCUT2D eigenvalue weighted by Gasteiger charge is -2.36. The summed E-state index contributed by atoms with van der Waals surface area (Å²) in [6.45, 7) is 8.31. The Hall–Kier alpha value is -5.18. The highest BCUT2D eigenvalue weighted by Crippen LogP contribution is 2.41. The molecule has 17 nitrogen and oxygen atoms in total. The summed E-state index contributed by atoms with van der Waals surface area (Å²) >= 11 is 2.89. The van der Waals surface area contributed by atoms with Gasteiger partial charge in [0, 0.05) is 36.2 Å². The summed E-state index contributed by atoms with van der Waals surface area (Å²) in [6.07, 6.45) is 2.13. The van der Waals surface area contributed by atoms with Crippen LogP contribution in [-0.4, -0.2) is 135 Å². The number of hydrogen-bond donors (Lipinski definition) is 6. The Morgan fingerprint density at radius 2 is 1.62 bits per heavy atom. The molecular formula is C52H68F4N8O9S4. The van der Waals surface area contributed by atoms with Gasteiger partial charge in [0.15, 0.2) is 5.67 Å². The van der Waals surface area contributed by atoms with E-state index in [1.54, 1.807) is 26.3 Å². The van der Waals surface area contributed by atoms with Crippen LogP contribution in [0.5, 0.6) is 0 Å². The van der Waals surface area contributed by atoms with Gasteiger partial charge in [-0.1, -0.05) is 76.1 Å². The third kappa shape index (κ3) is 16.7. The fourth-order valence-electron chi connectivity index (χ4n) is 8.79. The Labute approximate surface area is 455 Å². The molecule has 7 N–H and O–H groups in total. The number of carbonyl (C=O) groups excluding carboxylic acids is 4. The number of sulfone groups is 1. The van der Waals surface area contributed by atoms with Crippen LogP contribution in [0.2, 0.25) is 0 Å². The lowest BCUT2D eigenvalue weighted by Crippen LogP contribution is -2.59. The number of carbonyl (C=O) groups is 4. The number of nitrogens with zero attached hydrogens (tertiary/aromatic N) is 3. The number of anilines is 1. The Kier molecular flexibility index (Phi) is 20.4. The molecule has 422 valence electrons. The average Bonchev–Trinajstić information content (AvgIpc) is 3.77. The predicted octanol–water partition coefficient (Wildman–Crippen LogP) is 6.87. The lowest BCUT2D eigenvalue weighted by molar-refractivity contribution is -0.145. The minimum absolute atomic E-state index is 0.0513. The first-order valence-electron chi connectivity index (χ1n) is 25.2. The van der Waals surface area contributed by atoms with Gasteiger partial charge >= 0.3 is 5.51 Å². The maximum absolute atomic E-state index is 14.8. The monoisotopic (exact) mass is 1150 g/mol. The Bertz CT molecular complexity index is 2920. The summed E-state index contributed by atoms with van der Waals surface area (Å²) in [5.74, 6) is -2.15. The van der Waals surface area contributed by atoms with Gasteiger partial charge in [0.25, 0.3) is 15.7 Å². The standard InChI is InChI=1S/C52H68F4N8O9S4/c1-33-45(75-32-59-33)35-17-15-34(16-18-35)41(61-47(67)42-27-37(65)30-64(42)48(68)46(50(2,3)4)62-49(69)51(53)22-23-51)29-44(66)58-24-11-6-7-12-25-63(5)26-21-36(31-74-38-13-9-8-10-14-38)60-40-20-19-39(77(57,72)73)28-43(40)76(70,71)52(54,55)56/h8-10,13-20,28,32,36-37,41-42,46,60,65H,6-7,11-12,21-27,29-31H2,1-5H3,(H,58,66)(H,61,67)(H,62,69)(H2,57,72,73)/t36-,37-,41+,42+,46-/m1/s1. The van der Waals surface area contributed by atoms with Crippen LogP contribution >= 0.6 is 23.1 Å². The third-order valence-corrected chi connectivity index (χ3v) is 18.0. The van der Waals surface area contributed by atoms with Gasteiger partial charge in [0.05, 0.1) is 45.2 Å². The molecule has 0 spiro atoms. The van der Waals surface area contributed by atoms with Crippen LogP contribution in [0, 0.1) is 12.3 Å². The summed E-state index contributed by atoms with van der Waals surface area (Å²) in [6, 6.07) is 15.2. The molecule has 0 bridgehead atoms. The number of hydrogen-bond acceptors (Lipinski definition) is 14. The number of benzene rings is 3. The number of likely N-dealkylation sites (tertiary alicyclic amines) is 1. The molecular weight excluding hydrogens is 1080 g/mol. The van der Waals surface area contributed by atoms with Gasteiger partial charge in [-0.2, -0.15) is 13.2 Å². The number of alkyl halides is 4. The Morgan fingerprint density at radius 1 is 0.948 bits per heavy atom. The quantitative estimate of drug-likeness (QED) is 0.0214. The van der Waals surface area contributed by atoms with E-state index in [2.05, 4.69) is 26.3 Å². The van der Waals surface area contributed by atoms with E-state index in [0.29, 0.717) is 49.9 Å². The van der Waals surface area contributed by atoms with Crippen LogP contribution in [0.1, 0.15) is 95.9 Å². The van der Waals surface area contributed by atoms with Gasteiger partial charge in [0.1, 0.15) is 17.0 Å². The van der Waals surface area contributed by atoms with Gasteiger partial charge in [-0.25, -0.2) is 31.3 Å². The molecule has 77 heavy (non-hydrogen) atoms. The zero-order valence-corrected chi connectivity index (χ0v) is 46.8. The van der Waals surface area contributed by atoms with Crippen molar-refractivity contribution in [1.82, 2.24) is 30.7 Å². The van der Waals surface area contributed by atoms with E-state index >= 15 is 0 Å². The van der Waals surface area contributed by atoms with E-state index in [4.69, 9.17) is 5.14 Å². The minimum atomic E-state index is -5.98. The van der Waals surface area contributed by atoms with E-state index in [1.807, 2.05) is 73.5 Å². The number of nitrogens with one attached hydrogen (secondary N) is 4. The molecule has 2 heterocycles. The Morgan fingerprint density at radius 3 is 2.23 bits per heavy atom. The molecule has 5 atom stereocenters. The number of aryl methyl sites for hydroxylation is 1. The smallest absolute Gasteiger partial charge is 0.391 e. The van der Waals surface area contributed by atoms with Crippen molar-refractivity contribution in [3.63, 3.8) is 0 Å². The molecule has 0 radical (unpaired) electrons. The highest BCUT2D eigenvalue weighted by atomic mass is 32.2. The van der Waals surface area contributed by atoms with E-state index in [1.165, 1.54) is 28.0 Å². The molecule has 2 fully saturated rings. The summed E-state index contributed by atoms with van der Waals surface area (Å²) in [4.78, 5) is 62.1. The van der Waals surface area contributed by atoms with Gasteiger partial charge in [-0.15, -0.1) is 23.1 Å². The highest BCUT2D eigenvalue weighted by Gasteiger charge is 2.54. The van der Waals surface area contributed by atoms with Crippen LogP contribution in [0.4, 0.5) is 23.2 Å². The van der Waals surface area contributed by atoms with Crippen molar-refractivity contribution >= 4 is 72.3 Å². The van der Waals surface area contributed by atoms with Gasteiger partial charge in [-0.3, -0.25) is 19.2 Å². The van der Waals surface area contributed by atoms with Crippen molar-refractivity contribution in [2.45, 2.75) is 142 Å². The molecule has 1 aromatic heterocycles. The number of thioether (sulfide) groups is 1. The normalized spacial score (nSPS) is 17.8. The van der Waals surface area contributed by atoms with Crippen LogP contribution in [0.3, 0.4) is 0 Å². The van der Waals surface area contributed by atoms with E-state index < -0.39 is 99.9 Å². The first kappa shape index (κ1) is 61.0. The first-order valence-corrected chi connectivity index (χ1v) is 30.1. The Balaban J connectivity index is 1.03. The summed E-state index contributed by atoms with van der Waals surface area (Å²) < 4.78 is 106. The van der Waals surface area contributed by atoms with Crippen molar-refractivity contribution < 1.29 is 58.7 Å². The molecule has 25 heteroatoms. The second-order valence-corrected chi connectivity index (χ2v) is 26.2. The summed E-state index contributed by atoms with van der Waals surface area (Å²) in [5, 5.41) is 27.3. The molecule has 1 aliphatic carbocycles. The largest absolute Gasteiger partial charge is 0.501 e. The lowest BCUT2D eigenvalue weighted by atomic mass is 9.85. The zero-order chi connectivity index (χ0) is 56.5. The van der Waals surface area contributed by atoms with Gasteiger partial charge in [-0.05, 0) is 106 Å². The fourth-order valence-corrected chi connectivity index (χ4v) is 12.2. The molecule has 4 amide bonds. The number of halogens is 4. The van der Waals surface area contributed by atoms with Crippen LogP contribution in [0.25, 0.3) is 10.4 Å². The number of thiazole rings is 1. The number of amides is 4. The molecule has 1 saturated heterocycles. The number of primary sulfonamides is 1. The number of β-amino-alcohol motifs (C(OH)–C–C–N with tert-alkyl or cyclic N) is 1. The maximum atomic E-state index is 14.8. The highest BCUT2D eigenvalue weighted by molar-refractivity contribution is 7.99. The van der Waals surface area contributed by atoms with E-state index in [0.717, 1.165) is 52.4 Å².